The number of amides is 1. The zero-order valence-electron chi connectivity index (χ0n) is 15.9. The highest BCUT2D eigenvalue weighted by molar-refractivity contribution is 14.0. The Kier molecular flexibility index (Phi) is 10.3. The standard InChI is InChI=1S/C20H25FN4O2.HI/c1-14(2)27-18-9-7-17(8-10-18)25-20(22)24-12-11-23-19(26)13-15-3-5-16(21)6-4-15;/h3-10,14H,11-13H2,1-2H3,(H,23,26)(H3,22,24,25);1H. The Labute approximate surface area is 181 Å². The molecular formula is C20H26FIN4O2. The average Bonchev–Trinajstić information content (AvgIpc) is 2.62. The molecule has 2 aromatic rings. The lowest BCUT2D eigenvalue weighted by atomic mass is 10.1. The summed E-state index contributed by atoms with van der Waals surface area (Å²) in [6, 6.07) is 13.3. The number of guanidine groups is 1. The molecule has 0 heterocycles. The molecule has 2 rings (SSSR count). The van der Waals surface area contributed by atoms with Crippen molar-refractivity contribution in [3.63, 3.8) is 0 Å². The molecule has 0 radical (unpaired) electrons. The Bertz CT molecular complexity index is 765. The van der Waals surface area contributed by atoms with Crippen molar-refractivity contribution in [1.82, 2.24) is 5.32 Å². The third-order valence-electron chi connectivity index (χ3n) is 3.49. The molecule has 4 N–H and O–H groups in total. The number of anilines is 1. The maximum absolute atomic E-state index is 12.8. The zero-order valence-corrected chi connectivity index (χ0v) is 18.3. The quantitative estimate of drug-likeness (QED) is 0.225. The Balaban J connectivity index is 0.00000392. The van der Waals surface area contributed by atoms with Gasteiger partial charge >= 0.3 is 0 Å². The maximum Gasteiger partial charge on any atom is 0.224 e. The Morgan fingerprint density at radius 2 is 1.79 bits per heavy atom. The number of aliphatic imine (C=N–C) groups is 1. The predicted octanol–water partition coefficient (Wildman–Crippen LogP) is 3.32. The molecule has 2 aromatic carbocycles. The summed E-state index contributed by atoms with van der Waals surface area (Å²) in [7, 11) is 0. The van der Waals surface area contributed by atoms with Gasteiger partial charge in [0.25, 0.3) is 0 Å². The molecule has 0 aromatic heterocycles. The van der Waals surface area contributed by atoms with Crippen molar-refractivity contribution in [2.45, 2.75) is 26.4 Å². The molecule has 0 unspecified atom stereocenters. The lowest BCUT2D eigenvalue weighted by Crippen LogP contribution is -2.29. The van der Waals surface area contributed by atoms with Crippen molar-refractivity contribution in [3.8, 4) is 5.75 Å². The summed E-state index contributed by atoms with van der Waals surface area (Å²) >= 11 is 0. The van der Waals surface area contributed by atoms with Gasteiger partial charge < -0.3 is 21.1 Å². The minimum atomic E-state index is -0.321. The molecule has 0 aliphatic carbocycles. The van der Waals surface area contributed by atoms with Crippen molar-refractivity contribution in [2.24, 2.45) is 10.7 Å². The molecule has 1 amide bonds. The zero-order chi connectivity index (χ0) is 19.6. The first-order valence-corrected chi connectivity index (χ1v) is 8.77. The SMILES string of the molecule is CC(C)Oc1ccc(NC(N)=NCCNC(=O)Cc2ccc(F)cc2)cc1.I. The van der Waals surface area contributed by atoms with Crippen LogP contribution in [-0.4, -0.2) is 31.1 Å². The van der Waals surface area contributed by atoms with Gasteiger partial charge in [0.15, 0.2) is 5.96 Å². The number of nitrogens with one attached hydrogen (secondary N) is 2. The van der Waals surface area contributed by atoms with Crippen molar-refractivity contribution < 1.29 is 13.9 Å². The fraction of sp³-hybridized carbons (Fsp3) is 0.300. The van der Waals surface area contributed by atoms with Crippen LogP contribution in [0.1, 0.15) is 19.4 Å². The number of hydrogen-bond acceptors (Lipinski definition) is 3. The largest absolute Gasteiger partial charge is 0.491 e. The highest BCUT2D eigenvalue weighted by Gasteiger charge is 2.03. The van der Waals surface area contributed by atoms with Crippen LogP contribution in [-0.2, 0) is 11.2 Å². The molecule has 0 saturated carbocycles. The predicted molar refractivity (Wildman–Crippen MR) is 121 cm³/mol. The molecule has 0 aliphatic rings. The van der Waals surface area contributed by atoms with Gasteiger partial charge in [0.1, 0.15) is 11.6 Å². The number of carbonyl (C=O) groups excluding carboxylic acids is 1. The van der Waals surface area contributed by atoms with E-state index in [9.17, 15) is 9.18 Å². The average molecular weight is 500 g/mol. The molecule has 0 saturated heterocycles. The third-order valence-corrected chi connectivity index (χ3v) is 3.49. The number of carbonyl (C=O) groups is 1. The van der Waals surface area contributed by atoms with Gasteiger partial charge in [-0.25, -0.2) is 4.39 Å². The van der Waals surface area contributed by atoms with Crippen molar-refractivity contribution >= 4 is 41.5 Å². The summed E-state index contributed by atoms with van der Waals surface area (Å²) in [6.45, 7) is 4.65. The van der Waals surface area contributed by atoms with Gasteiger partial charge in [-0.1, -0.05) is 12.1 Å². The van der Waals surface area contributed by atoms with Gasteiger partial charge in [0.2, 0.25) is 5.91 Å². The van der Waals surface area contributed by atoms with Crippen molar-refractivity contribution in [3.05, 3.63) is 59.9 Å². The van der Waals surface area contributed by atoms with E-state index in [2.05, 4.69) is 15.6 Å². The summed E-state index contributed by atoms with van der Waals surface area (Å²) < 4.78 is 18.4. The van der Waals surface area contributed by atoms with E-state index in [4.69, 9.17) is 10.5 Å². The topological polar surface area (TPSA) is 88.7 Å². The number of nitrogens with zero attached hydrogens (tertiary/aromatic N) is 1. The summed E-state index contributed by atoms with van der Waals surface area (Å²) in [5.74, 6) is 0.581. The first-order chi connectivity index (χ1) is 12.9. The second kappa shape index (κ2) is 12.2. The molecule has 8 heteroatoms. The van der Waals surface area contributed by atoms with E-state index in [0.717, 1.165) is 17.0 Å². The minimum absolute atomic E-state index is 0. The lowest BCUT2D eigenvalue weighted by Gasteiger charge is -2.11. The Morgan fingerprint density at radius 3 is 2.39 bits per heavy atom. The summed E-state index contributed by atoms with van der Waals surface area (Å²) in [4.78, 5) is 16.0. The van der Waals surface area contributed by atoms with Crippen LogP contribution in [0.2, 0.25) is 0 Å². The van der Waals surface area contributed by atoms with Gasteiger partial charge in [-0.05, 0) is 55.8 Å². The van der Waals surface area contributed by atoms with Crippen LogP contribution in [0.15, 0.2) is 53.5 Å². The van der Waals surface area contributed by atoms with E-state index in [-0.39, 0.29) is 54.2 Å². The number of benzene rings is 2. The Hall–Kier alpha value is -2.36. The van der Waals surface area contributed by atoms with E-state index >= 15 is 0 Å². The lowest BCUT2D eigenvalue weighted by molar-refractivity contribution is -0.120. The molecule has 28 heavy (non-hydrogen) atoms. The number of halogens is 2. The van der Waals surface area contributed by atoms with Crippen LogP contribution >= 0.6 is 24.0 Å². The summed E-state index contributed by atoms with van der Waals surface area (Å²) in [6.07, 6.45) is 0.316. The number of hydrogen-bond donors (Lipinski definition) is 3. The number of nitrogens with two attached hydrogens (primary N) is 1. The van der Waals surface area contributed by atoms with E-state index in [1.165, 1.54) is 12.1 Å². The van der Waals surface area contributed by atoms with Gasteiger partial charge in [-0.15, -0.1) is 24.0 Å². The van der Waals surface area contributed by atoms with Crippen LogP contribution in [0.5, 0.6) is 5.75 Å². The second-order valence-corrected chi connectivity index (χ2v) is 6.24. The highest BCUT2D eigenvalue weighted by Crippen LogP contribution is 2.16. The first-order valence-electron chi connectivity index (χ1n) is 8.77. The normalized spacial score (nSPS) is 10.9. The van der Waals surface area contributed by atoms with Gasteiger partial charge in [-0.2, -0.15) is 0 Å². The summed E-state index contributed by atoms with van der Waals surface area (Å²) in [5, 5.41) is 5.73. The van der Waals surface area contributed by atoms with E-state index in [0.29, 0.717) is 13.1 Å². The van der Waals surface area contributed by atoms with Gasteiger partial charge in [-0.3, -0.25) is 9.79 Å². The smallest absolute Gasteiger partial charge is 0.224 e. The maximum atomic E-state index is 12.8. The van der Waals surface area contributed by atoms with Gasteiger partial charge in [0.05, 0.1) is 19.1 Å². The molecule has 0 bridgehead atoms. The van der Waals surface area contributed by atoms with E-state index in [1.54, 1.807) is 12.1 Å². The van der Waals surface area contributed by atoms with Crippen LogP contribution in [0.4, 0.5) is 10.1 Å². The third kappa shape index (κ3) is 9.03. The molecule has 152 valence electrons. The van der Waals surface area contributed by atoms with Crippen molar-refractivity contribution in [2.75, 3.05) is 18.4 Å². The first kappa shape index (κ1) is 23.7. The minimum Gasteiger partial charge on any atom is -0.491 e. The van der Waals surface area contributed by atoms with E-state index < -0.39 is 0 Å². The summed E-state index contributed by atoms with van der Waals surface area (Å²) in [5.41, 5.74) is 7.39. The number of rotatable bonds is 8. The molecule has 0 aliphatic heterocycles. The Morgan fingerprint density at radius 1 is 1.14 bits per heavy atom. The second-order valence-electron chi connectivity index (χ2n) is 6.24. The fourth-order valence-electron chi connectivity index (χ4n) is 2.30. The van der Waals surface area contributed by atoms with Crippen LogP contribution < -0.4 is 21.1 Å². The molecule has 6 nitrogen and oxygen atoms in total. The molecular weight excluding hydrogens is 474 g/mol. The fourth-order valence-corrected chi connectivity index (χ4v) is 2.30. The van der Waals surface area contributed by atoms with Crippen LogP contribution in [0, 0.1) is 5.82 Å². The van der Waals surface area contributed by atoms with Crippen LogP contribution in [0.25, 0.3) is 0 Å². The monoisotopic (exact) mass is 500 g/mol. The molecule has 0 fully saturated rings. The van der Waals surface area contributed by atoms with Gasteiger partial charge in [0, 0.05) is 12.2 Å². The highest BCUT2D eigenvalue weighted by atomic mass is 127. The molecule has 0 atom stereocenters. The number of ether oxygens (including phenoxy) is 1. The van der Waals surface area contributed by atoms with Crippen molar-refractivity contribution in [1.29, 1.82) is 0 Å². The molecule has 0 spiro atoms. The van der Waals surface area contributed by atoms with Crippen LogP contribution in [0.3, 0.4) is 0 Å². The van der Waals surface area contributed by atoms with E-state index in [1.807, 2.05) is 38.1 Å².